The number of hydrogen-bond acceptors (Lipinski definition) is 8. The van der Waals surface area contributed by atoms with E-state index < -0.39 is 35.8 Å². The lowest BCUT2D eigenvalue weighted by atomic mass is 9.70. The van der Waals surface area contributed by atoms with Gasteiger partial charge in [-0.25, -0.2) is 9.18 Å². The van der Waals surface area contributed by atoms with E-state index in [1.807, 2.05) is 0 Å². The van der Waals surface area contributed by atoms with Crippen LogP contribution in [0.15, 0.2) is 46.5 Å². The molecule has 2 rings (SSSR count). The molecule has 0 bridgehead atoms. The second-order valence-electron chi connectivity index (χ2n) is 8.73. The van der Waals surface area contributed by atoms with Crippen molar-refractivity contribution in [1.29, 1.82) is 0 Å². The molecule has 0 spiro atoms. The summed E-state index contributed by atoms with van der Waals surface area (Å²) in [6.07, 6.45) is 3.86. The van der Waals surface area contributed by atoms with Crippen molar-refractivity contribution in [2.75, 3.05) is 14.2 Å². The molecule has 0 aliphatic heterocycles. The van der Waals surface area contributed by atoms with Crippen molar-refractivity contribution in [1.82, 2.24) is 5.32 Å². The summed E-state index contributed by atoms with van der Waals surface area (Å²) in [6, 6.07) is 3.26. The Hall–Kier alpha value is -3.69. The molecule has 10 heteroatoms. The Kier molecular flexibility index (Phi) is 10.8. The molecule has 0 unspecified atom stereocenters. The molecular formula is C27H35FN2O7. The highest BCUT2D eigenvalue weighted by molar-refractivity contribution is 5.97. The highest BCUT2D eigenvalue weighted by atomic mass is 19.1. The number of hydrogen-bond donors (Lipinski definition) is 1. The molecule has 1 saturated carbocycles. The van der Waals surface area contributed by atoms with Gasteiger partial charge < -0.3 is 24.3 Å². The van der Waals surface area contributed by atoms with Crippen LogP contribution < -0.4 is 10.1 Å². The first-order valence-electron chi connectivity index (χ1n) is 12.0. The average Bonchev–Trinajstić information content (AvgIpc) is 2.82. The zero-order valence-electron chi connectivity index (χ0n) is 22.1. The zero-order chi connectivity index (χ0) is 27.7. The standard InChI is InChI=1S/C27H35FN2O7/c1-8-21(34-6)25(37-17(4)31)24(29-5)26(32)30-15(2)27(33)36-16(3)23(18-10-9-11-18)20-13-12-19(28)14-22(20)35-7/h8,12-16,18,23H,5,9-11H2,1-4,6-7H3,(H,30,32)/b21-8+,25-24+/t15-,16-,23+/m0/s1. The second kappa shape index (κ2) is 13.6. The third-order valence-corrected chi connectivity index (χ3v) is 6.26. The van der Waals surface area contributed by atoms with Gasteiger partial charge in [-0.15, -0.1) is 0 Å². The molecular weight excluding hydrogens is 483 g/mol. The number of benzene rings is 1. The summed E-state index contributed by atoms with van der Waals surface area (Å²) in [5.74, 6) is -2.32. The van der Waals surface area contributed by atoms with Crippen LogP contribution in [0.1, 0.15) is 58.4 Å². The number of rotatable bonds is 12. The fraction of sp³-hybridized carbons (Fsp3) is 0.481. The Labute approximate surface area is 216 Å². The number of carbonyl (C=O) groups excluding carboxylic acids is 3. The van der Waals surface area contributed by atoms with E-state index in [4.69, 9.17) is 18.9 Å². The predicted molar refractivity (Wildman–Crippen MR) is 135 cm³/mol. The number of aliphatic imine (C=N–C) groups is 1. The van der Waals surface area contributed by atoms with Gasteiger partial charge in [-0.1, -0.05) is 12.5 Å². The number of allylic oxidation sites excluding steroid dienone is 1. The van der Waals surface area contributed by atoms with Crippen molar-refractivity contribution in [2.45, 2.75) is 65.0 Å². The number of nitrogens with one attached hydrogen (secondary N) is 1. The van der Waals surface area contributed by atoms with Gasteiger partial charge in [0.15, 0.2) is 11.5 Å². The van der Waals surface area contributed by atoms with Crippen LogP contribution in [-0.4, -0.2) is 50.9 Å². The maximum atomic E-state index is 13.8. The van der Waals surface area contributed by atoms with Gasteiger partial charge in [0, 0.05) is 24.5 Å². The minimum absolute atomic E-state index is 0.0909. The Balaban J connectivity index is 2.23. The Morgan fingerprint density at radius 2 is 1.89 bits per heavy atom. The van der Waals surface area contributed by atoms with E-state index in [0.717, 1.165) is 31.7 Å². The van der Waals surface area contributed by atoms with Gasteiger partial charge in [-0.2, -0.15) is 0 Å². The summed E-state index contributed by atoms with van der Waals surface area (Å²) < 4.78 is 35.2. The molecule has 1 fully saturated rings. The molecule has 9 nitrogen and oxygen atoms in total. The monoisotopic (exact) mass is 518 g/mol. The van der Waals surface area contributed by atoms with E-state index in [-0.39, 0.29) is 29.1 Å². The topological polar surface area (TPSA) is 113 Å². The van der Waals surface area contributed by atoms with Crippen LogP contribution in [-0.2, 0) is 28.6 Å². The third-order valence-electron chi connectivity index (χ3n) is 6.26. The Morgan fingerprint density at radius 3 is 2.38 bits per heavy atom. The lowest BCUT2D eigenvalue weighted by Gasteiger charge is -2.38. The molecule has 1 aliphatic rings. The number of halogens is 1. The van der Waals surface area contributed by atoms with Gasteiger partial charge >= 0.3 is 11.9 Å². The molecule has 1 N–H and O–H groups in total. The predicted octanol–water partition coefficient (Wildman–Crippen LogP) is 4.18. The minimum Gasteiger partial charge on any atom is -0.496 e. The number of methoxy groups -OCH3 is 2. The summed E-state index contributed by atoms with van der Waals surface area (Å²) in [4.78, 5) is 41.2. The van der Waals surface area contributed by atoms with Crippen molar-refractivity contribution in [3.05, 3.63) is 52.9 Å². The summed E-state index contributed by atoms with van der Waals surface area (Å²) >= 11 is 0. The molecule has 3 atom stereocenters. The van der Waals surface area contributed by atoms with Crippen molar-refractivity contribution in [3.63, 3.8) is 0 Å². The highest BCUT2D eigenvalue weighted by Gasteiger charge is 2.37. The largest absolute Gasteiger partial charge is 0.496 e. The van der Waals surface area contributed by atoms with Crippen molar-refractivity contribution < 1.29 is 37.7 Å². The number of amides is 1. The van der Waals surface area contributed by atoms with Crippen LogP contribution >= 0.6 is 0 Å². The van der Waals surface area contributed by atoms with Crippen molar-refractivity contribution in [2.24, 2.45) is 10.9 Å². The van der Waals surface area contributed by atoms with Crippen LogP contribution in [0.25, 0.3) is 0 Å². The van der Waals surface area contributed by atoms with Crippen LogP contribution in [0.3, 0.4) is 0 Å². The molecule has 1 aromatic carbocycles. The fourth-order valence-electron chi connectivity index (χ4n) is 4.28. The lowest BCUT2D eigenvalue weighted by molar-refractivity contribution is -0.153. The Bertz CT molecular complexity index is 1080. The molecule has 202 valence electrons. The van der Waals surface area contributed by atoms with E-state index in [9.17, 15) is 18.8 Å². The third kappa shape index (κ3) is 7.41. The van der Waals surface area contributed by atoms with Gasteiger partial charge in [0.25, 0.3) is 5.91 Å². The SMILES string of the molecule is C=N/C(C(=O)N[C@@H](C)C(=O)O[C@@H](C)[C@@H](c1ccc(F)cc1OC)C1CCC1)=C(OC(C)=O)\C(=C/C)OC. The second-order valence-corrected chi connectivity index (χ2v) is 8.73. The van der Waals surface area contributed by atoms with E-state index in [0.29, 0.717) is 5.75 Å². The first-order valence-corrected chi connectivity index (χ1v) is 12.0. The van der Waals surface area contributed by atoms with Gasteiger partial charge in [-0.05, 0) is 58.4 Å². The summed E-state index contributed by atoms with van der Waals surface area (Å²) in [5, 5.41) is 2.51. The number of nitrogens with zero attached hydrogens (tertiary/aromatic N) is 1. The first kappa shape index (κ1) is 29.5. The molecule has 0 heterocycles. The molecule has 1 amide bonds. The van der Waals surface area contributed by atoms with E-state index in [1.54, 1.807) is 19.9 Å². The fourth-order valence-corrected chi connectivity index (χ4v) is 4.28. The van der Waals surface area contributed by atoms with Crippen LogP contribution in [0.4, 0.5) is 4.39 Å². The van der Waals surface area contributed by atoms with E-state index >= 15 is 0 Å². The summed E-state index contributed by atoms with van der Waals surface area (Å²) in [5.41, 5.74) is 0.428. The minimum atomic E-state index is -1.07. The average molecular weight is 519 g/mol. The lowest BCUT2D eigenvalue weighted by Crippen LogP contribution is -2.43. The Morgan fingerprint density at radius 1 is 1.22 bits per heavy atom. The van der Waals surface area contributed by atoms with Crippen molar-refractivity contribution >= 4 is 24.6 Å². The van der Waals surface area contributed by atoms with Crippen LogP contribution in [0.5, 0.6) is 5.75 Å². The van der Waals surface area contributed by atoms with E-state index in [1.165, 1.54) is 39.4 Å². The molecule has 0 saturated heterocycles. The normalized spacial score (nSPS) is 16.8. The van der Waals surface area contributed by atoms with Gasteiger partial charge in [-0.3, -0.25) is 14.6 Å². The summed E-state index contributed by atoms with van der Waals surface area (Å²) in [7, 11) is 2.81. The van der Waals surface area contributed by atoms with Gasteiger partial charge in [0.05, 0.1) is 14.2 Å². The quantitative estimate of drug-likeness (QED) is 0.145. The molecule has 37 heavy (non-hydrogen) atoms. The highest BCUT2D eigenvalue weighted by Crippen LogP contribution is 2.45. The summed E-state index contributed by atoms with van der Waals surface area (Å²) in [6.45, 7) is 9.39. The smallest absolute Gasteiger partial charge is 0.328 e. The maximum absolute atomic E-state index is 13.8. The number of esters is 2. The number of carbonyl (C=O) groups is 3. The van der Waals surface area contributed by atoms with E-state index in [2.05, 4.69) is 17.0 Å². The molecule has 1 aromatic rings. The molecule has 1 aliphatic carbocycles. The molecule has 0 radical (unpaired) electrons. The number of ether oxygens (including phenoxy) is 4. The van der Waals surface area contributed by atoms with Gasteiger partial charge in [0.2, 0.25) is 5.76 Å². The first-order chi connectivity index (χ1) is 17.6. The van der Waals surface area contributed by atoms with Gasteiger partial charge in [0.1, 0.15) is 23.7 Å². The van der Waals surface area contributed by atoms with Crippen molar-refractivity contribution in [3.8, 4) is 5.75 Å². The molecule has 0 aromatic heterocycles. The van der Waals surface area contributed by atoms with Crippen LogP contribution in [0.2, 0.25) is 0 Å². The zero-order valence-corrected chi connectivity index (χ0v) is 22.1. The van der Waals surface area contributed by atoms with Crippen LogP contribution in [0, 0.1) is 11.7 Å². The maximum Gasteiger partial charge on any atom is 0.328 e.